The van der Waals surface area contributed by atoms with Crippen LogP contribution < -0.4 is 5.73 Å². The molecule has 0 spiro atoms. The zero-order valence-electron chi connectivity index (χ0n) is 10.8. The molecule has 19 heavy (non-hydrogen) atoms. The van der Waals surface area contributed by atoms with Crippen molar-refractivity contribution in [3.63, 3.8) is 0 Å². The maximum atomic E-state index is 12.2. The fraction of sp³-hybridized carbons (Fsp3) is 0.286. The fourth-order valence-corrected chi connectivity index (χ4v) is 2.31. The molecule has 1 amide bonds. The van der Waals surface area contributed by atoms with Crippen molar-refractivity contribution in [1.82, 2.24) is 14.7 Å². The lowest BCUT2D eigenvalue weighted by Gasteiger charge is -2.45. The van der Waals surface area contributed by atoms with E-state index in [4.69, 9.17) is 5.73 Å². The minimum absolute atomic E-state index is 0.00916. The Bertz CT molecular complexity index is 595. The number of carbonyl (C=O) groups is 1. The number of carbonyl (C=O) groups excluding carboxylic acids is 1. The molecule has 1 aromatic carbocycles. The summed E-state index contributed by atoms with van der Waals surface area (Å²) in [5.41, 5.74) is 7.20. The van der Waals surface area contributed by atoms with Crippen LogP contribution in [0, 0.1) is 0 Å². The van der Waals surface area contributed by atoms with Crippen LogP contribution in [0.15, 0.2) is 42.7 Å². The predicted octanol–water partition coefficient (Wildman–Crippen LogP) is 1.05. The zero-order valence-corrected chi connectivity index (χ0v) is 10.8. The second kappa shape index (κ2) is 4.20. The second-order valence-corrected chi connectivity index (χ2v) is 5.32. The molecule has 2 aromatic rings. The third-order valence-electron chi connectivity index (χ3n) is 3.24. The number of rotatable bonds is 2. The molecule has 3 rings (SSSR count). The Morgan fingerprint density at radius 1 is 1.32 bits per heavy atom. The first-order valence-electron chi connectivity index (χ1n) is 6.23. The first-order valence-corrected chi connectivity index (χ1v) is 6.23. The minimum atomic E-state index is -0.245. The van der Waals surface area contributed by atoms with E-state index < -0.39 is 0 Å². The Morgan fingerprint density at radius 3 is 2.63 bits per heavy atom. The van der Waals surface area contributed by atoms with E-state index in [1.165, 1.54) is 0 Å². The van der Waals surface area contributed by atoms with E-state index in [1.807, 2.05) is 37.3 Å². The van der Waals surface area contributed by atoms with Crippen LogP contribution in [0.25, 0.3) is 5.69 Å². The van der Waals surface area contributed by atoms with Crippen molar-refractivity contribution in [1.29, 1.82) is 0 Å². The third-order valence-corrected chi connectivity index (χ3v) is 3.24. The van der Waals surface area contributed by atoms with Crippen LogP contribution in [0.4, 0.5) is 0 Å². The highest BCUT2D eigenvalue weighted by Gasteiger charge is 2.38. The van der Waals surface area contributed by atoms with Crippen LogP contribution >= 0.6 is 0 Å². The van der Waals surface area contributed by atoms with Crippen molar-refractivity contribution in [3.8, 4) is 5.69 Å². The lowest BCUT2D eigenvalue weighted by molar-refractivity contribution is 0.0454. The van der Waals surface area contributed by atoms with Crippen LogP contribution in [-0.2, 0) is 0 Å². The number of hydrogen-bond donors (Lipinski definition) is 1. The molecule has 2 heterocycles. The van der Waals surface area contributed by atoms with Crippen LogP contribution in [-0.4, -0.2) is 39.2 Å². The molecule has 5 heteroatoms. The van der Waals surface area contributed by atoms with Crippen LogP contribution in [0.1, 0.15) is 17.3 Å². The Morgan fingerprint density at radius 2 is 2.00 bits per heavy atom. The van der Waals surface area contributed by atoms with Gasteiger partial charge in [0.1, 0.15) is 0 Å². The smallest absolute Gasteiger partial charge is 0.257 e. The van der Waals surface area contributed by atoms with Crippen molar-refractivity contribution in [2.24, 2.45) is 5.73 Å². The van der Waals surface area contributed by atoms with Gasteiger partial charge in [-0.1, -0.05) is 18.2 Å². The van der Waals surface area contributed by atoms with Crippen molar-refractivity contribution in [3.05, 3.63) is 48.3 Å². The largest absolute Gasteiger partial charge is 0.335 e. The van der Waals surface area contributed by atoms with Gasteiger partial charge in [0.25, 0.3) is 5.91 Å². The lowest BCUT2D eigenvalue weighted by atomic mass is 9.93. The average Bonchev–Trinajstić information content (AvgIpc) is 2.85. The topological polar surface area (TPSA) is 64.2 Å². The van der Waals surface area contributed by atoms with Gasteiger partial charge in [-0.05, 0) is 19.1 Å². The summed E-state index contributed by atoms with van der Waals surface area (Å²) in [6, 6.07) is 9.71. The SMILES string of the molecule is CC1(N)CN(C(=O)c2cnn(-c3ccccc3)c2)C1. The number of nitrogens with zero attached hydrogens (tertiary/aromatic N) is 3. The Hall–Kier alpha value is -2.14. The van der Waals surface area contributed by atoms with E-state index in [0.717, 1.165) is 5.69 Å². The monoisotopic (exact) mass is 256 g/mol. The second-order valence-electron chi connectivity index (χ2n) is 5.32. The molecule has 0 radical (unpaired) electrons. The molecule has 1 aliphatic rings. The number of likely N-dealkylation sites (tertiary alicyclic amines) is 1. The summed E-state index contributed by atoms with van der Waals surface area (Å²) < 4.78 is 1.70. The van der Waals surface area contributed by atoms with E-state index >= 15 is 0 Å². The first kappa shape index (κ1) is 11.9. The minimum Gasteiger partial charge on any atom is -0.335 e. The molecule has 0 aliphatic carbocycles. The van der Waals surface area contributed by atoms with Crippen molar-refractivity contribution in [2.75, 3.05) is 13.1 Å². The zero-order chi connectivity index (χ0) is 13.5. The fourth-order valence-electron chi connectivity index (χ4n) is 2.31. The molecule has 5 nitrogen and oxygen atoms in total. The van der Waals surface area contributed by atoms with Gasteiger partial charge in [0, 0.05) is 24.8 Å². The summed E-state index contributed by atoms with van der Waals surface area (Å²) in [5, 5.41) is 4.22. The van der Waals surface area contributed by atoms with Gasteiger partial charge in [-0.15, -0.1) is 0 Å². The van der Waals surface area contributed by atoms with Gasteiger partial charge in [-0.2, -0.15) is 5.10 Å². The normalized spacial score (nSPS) is 17.1. The molecule has 1 fully saturated rings. The Kier molecular flexibility index (Phi) is 2.64. The average molecular weight is 256 g/mol. The molecule has 2 N–H and O–H groups in total. The van der Waals surface area contributed by atoms with Crippen LogP contribution in [0.3, 0.4) is 0 Å². The number of benzene rings is 1. The molecule has 1 saturated heterocycles. The summed E-state index contributed by atoms with van der Waals surface area (Å²) in [5.74, 6) is -0.00916. The third kappa shape index (κ3) is 2.24. The van der Waals surface area contributed by atoms with Crippen LogP contribution in [0.2, 0.25) is 0 Å². The van der Waals surface area contributed by atoms with Gasteiger partial charge < -0.3 is 10.6 Å². The summed E-state index contributed by atoms with van der Waals surface area (Å²) >= 11 is 0. The van der Waals surface area contributed by atoms with E-state index in [1.54, 1.807) is 22.0 Å². The lowest BCUT2D eigenvalue weighted by Crippen LogP contribution is -2.66. The molecule has 0 saturated carbocycles. The van der Waals surface area contributed by atoms with Gasteiger partial charge >= 0.3 is 0 Å². The highest BCUT2D eigenvalue weighted by Crippen LogP contribution is 2.20. The van der Waals surface area contributed by atoms with Gasteiger partial charge in [-0.3, -0.25) is 4.79 Å². The number of para-hydroxylation sites is 1. The van der Waals surface area contributed by atoms with Gasteiger partial charge in [0.2, 0.25) is 0 Å². The van der Waals surface area contributed by atoms with Crippen molar-refractivity contribution in [2.45, 2.75) is 12.5 Å². The maximum Gasteiger partial charge on any atom is 0.257 e. The van der Waals surface area contributed by atoms with E-state index in [0.29, 0.717) is 18.7 Å². The van der Waals surface area contributed by atoms with Crippen LogP contribution in [0.5, 0.6) is 0 Å². The number of amides is 1. The molecular weight excluding hydrogens is 240 g/mol. The molecule has 98 valence electrons. The van der Waals surface area contributed by atoms with Gasteiger partial charge in [-0.25, -0.2) is 4.68 Å². The number of nitrogens with two attached hydrogens (primary N) is 1. The summed E-state index contributed by atoms with van der Waals surface area (Å²) in [6.07, 6.45) is 3.35. The molecular formula is C14H16N4O. The molecule has 1 aromatic heterocycles. The molecule has 1 aliphatic heterocycles. The standard InChI is InChI=1S/C14H16N4O/c1-14(15)9-17(10-14)13(19)11-7-16-18(8-11)12-5-3-2-4-6-12/h2-8H,9-10,15H2,1H3. The van der Waals surface area contributed by atoms with E-state index in [2.05, 4.69) is 5.10 Å². The quantitative estimate of drug-likeness (QED) is 0.873. The predicted molar refractivity (Wildman–Crippen MR) is 72.1 cm³/mol. The summed E-state index contributed by atoms with van der Waals surface area (Å²) in [4.78, 5) is 13.9. The molecule has 0 atom stereocenters. The highest BCUT2D eigenvalue weighted by atomic mass is 16.2. The van der Waals surface area contributed by atoms with Crippen molar-refractivity contribution < 1.29 is 4.79 Å². The molecule has 0 unspecified atom stereocenters. The summed E-state index contributed by atoms with van der Waals surface area (Å²) in [6.45, 7) is 3.15. The number of aromatic nitrogens is 2. The Balaban J connectivity index is 1.77. The Labute approximate surface area is 111 Å². The highest BCUT2D eigenvalue weighted by molar-refractivity contribution is 5.94. The van der Waals surface area contributed by atoms with E-state index in [9.17, 15) is 4.79 Å². The van der Waals surface area contributed by atoms with Gasteiger partial charge in [0.15, 0.2) is 0 Å². The maximum absolute atomic E-state index is 12.2. The molecule has 0 bridgehead atoms. The van der Waals surface area contributed by atoms with Crippen molar-refractivity contribution >= 4 is 5.91 Å². The first-order chi connectivity index (χ1) is 9.05. The summed E-state index contributed by atoms with van der Waals surface area (Å²) in [7, 11) is 0. The van der Waals surface area contributed by atoms with E-state index in [-0.39, 0.29) is 11.4 Å². The number of hydrogen-bond acceptors (Lipinski definition) is 3. The van der Waals surface area contributed by atoms with Gasteiger partial charge in [0.05, 0.1) is 17.4 Å².